The van der Waals surface area contributed by atoms with Crippen molar-refractivity contribution in [1.82, 2.24) is 0 Å². The molecule has 0 aliphatic rings. The Morgan fingerprint density at radius 3 is 1.96 bits per heavy atom. The lowest BCUT2D eigenvalue weighted by Crippen LogP contribution is -2.16. The molecule has 0 radical (unpaired) electrons. The smallest absolute Gasteiger partial charge is 0.406 e. The number of ether oxygens (including phenoxy) is 1. The van der Waals surface area contributed by atoms with Crippen molar-refractivity contribution in [1.29, 1.82) is 0 Å². The number of halogens is 3. The SMILES string of the molecule is O=C(C=Cc1ccc(OC(F)(F)F)cc1)c1ccc(-c2ccccc2)cc1. The summed E-state index contributed by atoms with van der Waals surface area (Å²) in [4.78, 5) is 12.3. The number of carbonyl (C=O) groups is 1. The average Bonchev–Trinajstić information content (AvgIpc) is 2.67. The Hall–Kier alpha value is -3.34. The van der Waals surface area contributed by atoms with Gasteiger partial charge in [-0.05, 0) is 34.9 Å². The van der Waals surface area contributed by atoms with Gasteiger partial charge in [-0.15, -0.1) is 13.2 Å². The van der Waals surface area contributed by atoms with Gasteiger partial charge in [-0.3, -0.25) is 4.79 Å². The third-order valence-corrected chi connectivity index (χ3v) is 3.82. The molecule has 0 N–H and O–H groups in total. The highest BCUT2D eigenvalue weighted by Gasteiger charge is 2.30. The van der Waals surface area contributed by atoms with E-state index in [9.17, 15) is 18.0 Å². The molecule has 0 aliphatic carbocycles. The van der Waals surface area contributed by atoms with Crippen LogP contribution in [0.3, 0.4) is 0 Å². The molecule has 0 saturated carbocycles. The van der Waals surface area contributed by atoms with Crippen LogP contribution in [0.5, 0.6) is 5.75 Å². The molecule has 0 bridgehead atoms. The molecule has 0 unspecified atom stereocenters. The highest BCUT2D eigenvalue weighted by Crippen LogP contribution is 2.23. The van der Waals surface area contributed by atoms with Gasteiger partial charge < -0.3 is 4.74 Å². The molecule has 5 heteroatoms. The fourth-order valence-electron chi connectivity index (χ4n) is 2.51. The predicted octanol–water partition coefficient (Wildman–Crippen LogP) is 6.15. The number of alkyl halides is 3. The van der Waals surface area contributed by atoms with Gasteiger partial charge in [0.15, 0.2) is 5.78 Å². The van der Waals surface area contributed by atoms with Crippen LogP contribution in [0.15, 0.2) is 84.9 Å². The van der Waals surface area contributed by atoms with Gasteiger partial charge in [-0.25, -0.2) is 0 Å². The Labute approximate surface area is 154 Å². The topological polar surface area (TPSA) is 26.3 Å². The number of carbonyl (C=O) groups excluding carboxylic acids is 1. The molecule has 2 nitrogen and oxygen atoms in total. The fraction of sp³-hybridized carbons (Fsp3) is 0.0455. The van der Waals surface area contributed by atoms with Gasteiger partial charge >= 0.3 is 6.36 Å². The minimum Gasteiger partial charge on any atom is -0.406 e. The van der Waals surface area contributed by atoms with Crippen molar-refractivity contribution >= 4 is 11.9 Å². The first-order valence-corrected chi connectivity index (χ1v) is 8.14. The number of rotatable bonds is 5. The Morgan fingerprint density at radius 1 is 0.778 bits per heavy atom. The molecule has 0 aliphatic heterocycles. The number of allylic oxidation sites excluding steroid dienone is 1. The van der Waals surface area contributed by atoms with E-state index in [-0.39, 0.29) is 11.5 Å². The molecule has 0 fully saturated rings. The summed E-state index contributed by atoms with van der Waals surface area (Å²) in [6.45, 7) is 0. The standard InChI is InChI=1S/C22H15F3O2/c23-22(24,25)27-20-13-6-16(7-14-20)8-15-21(26)19-11-9-18(10-12-19)17-4-2-1-3-5-17/h1-15H. The summed E-state index contributed by atoms with van der Waals surface area (Å²) >= 11 is 0. The van der Waals surface area contributed by atoms with Crippen LogP contribution in [0.2, 0.25) is 0 Å². The van der Waals surface area contributed by atoms with Gasteiger partial charge in [0, 0.05) is 5.56 Å². The lowest BCUT2D eigenvalue weighted by atomic mass is 10.0. The Balaban J connectivity index is 1.66. The zero-order chi connectivity index (χ0) is 19.3. The minimum absolute atomic E-state index is 0.190. The van der Waals surface area contributed by atoms with Crippen molar-refractivity contribution in [2.24, 2.45) is 0 Å². The summed E-state index contributed by atoms with van der Waals surface area (Å²) in [5.41, 5.74) is 3.20. The molecule has 3 aromatic rings. The lowest BCUT2D eigenvalue weighted by Gasteiger charge is -2.08. The van der Waals surface area contributed by atoms with Gasteiger partial charge in [0.1, 0.15) is 5.75 Å². The van der Waals surface area contributed by atoms with E-state index in [1.54, 1.807) is 18.2 Å². The molecule has 0 amide bonds. The summed E-state index contributed by atoms with van der Waals surface area (Å²) < 4.78 is 40.2. The minimum atomic E-state index is -4.72. The summed E-state index contributed by atoms with van der Waals surface area (Å²) in [5.74, 6) is -0.493. The number of ketones is 1. The molecular weight excluding hydrogens is 353 g/mol. The van der Waals surface area contributed by atoms with Crippen molar-refractivity contribution in [3.05, 3.63) is 96.1 Å². The Bertz CT molecular complexity index is 926. The van der Waals surface area contributed by atoms with E-state index in [1.165, 1.54) is 30.3 Å². The van der Waals surface area contributed by atoms with Crippen LogP contribution in [0.4, 0.5) is 13.2 Å². The summed E-state index contributed by atoms with van der Waals surface area (Å²) in [6, 6.07) is 22.3. The average molecular weight is 368 g/mol. The van der Waals surface area contributed by atoms with E-state index < -0.39 is 6.36 Å². The summed E-state index contributed by atoms with van der Waals surface area (Å²) in [5, 5.41) is 0. The van der Waals surface area contributed by atoms with Gasteiger partial charge in [-0.1, -0.05) is 72.8 Å². The number of benzene rings is 3. The summed E-state index contributed by atoms with van der Waals surface area (Å²) in [6.07, 6.45) is -1.79. The van der Waals surface area contributed by atoms with Gasteiger partial charge in [0.25, 0.3) is 0 Å². The highest BCUT2D eigenvalue weighted by molar-refractivity contribution is 6.07. The fourth-order valence-corrected chi connectivity index (χ4v) is 2.51. The van der Waals surface area contributed by atoms with Crippen molar-refractivity contribution in [3.63, 3.8) is 0 Å². The van der Waals surface area contributed by atoms with Crippen LogP contribution in [0, 0.1) is 0 Å². The number of hydrogen-bond donors (Lipinski definition) is 0. The highest BCUT2D eigenvalue weighted by atomic mass is 19.4. The van der Waals surface area contributed by atoms with E-state index >= 15 is 0 Å². The van der Waals surface area contributed by atoms with Gasteiger partial charge in [0.05, 0.1) is 0 Å². The van der Waals surface area contributed by atoms with E-state index in [0.29, 0.717) is 11.1 Å². The van der Waals surface area contributed by atoms with Gasteiger partial charge in [-0.2, -0.15) is 0 Å². The van der Waals surface area contributed by atoms with E-state index in [4.69, 9.17) is 0 Å². The van der Waals surface area contributed by atoms with Crippen molar-refractivity contribution < 1.29 is 22.7 Å². The first-order valence-electron chi connectivity index (χ1n) is 8.14. The van der Waals surface area contributed by atoms with Crippen molar-refractivity contribution in [2.45, 2.75) is 6.36 Å². The first-order chi connectivity index (χ1) is 12.9. The quantitative estimate of drug-likeness (QED) is 0.399. The maximum Gasteiger partial charge on any atom is 0.573 e. The van der Waals surface area contributed by atoms with E-state index in [0.717, 1.165) is 11.1 Å². The van der Waals surface area contributed by atoms with E-state index in [2.05, 4.69) is 4.74 Å². The first kappa shape index (κ1) is 18.5. The van der Waals surface area contributed by atoms with Crippen molar-refractivity contribution in [2.75, 3.05) is 0 Å². The number of hydrogen-bond acceptors (Lipinski definition) is 2. The lowest BCUT2D eigenvalue weighted by molar-refractivity contribution is -0.274. The van der Waals surface area contributed by atoms with Crippen LogP contribution >= 0.6 is 0 Å². The largest absolute Gasteiger partial charge is 0.573 e. The maximum absolute atomic E-state index is 12.3. The molecule has 0 spiro atoms. The molecular formula is C22H15F3O2. The molecule has 3 rings (SSSR count). The van der Waals surface area contributed by atoms with Crippen LogP contribution in [-0.4, -0.2) is 12.1 Å². The zero-order valence-corrected chi connectivity index (χ0v) is 14.1. The van der Waals surface area contributed by atoms with Crippen LogP contribution in [-0.2, 0) is 0 Å². The maximum atomic E-state index is 12.3. The van der Waals surface area contributed by atoms with Crippen molar-refractivity contribution in [3.8, 4) is 16.9 Å². The second-order valence-corrected chi connectivity index (χ2v) is 5.76. The second-order valence-electron chi connectivity index (χ2n) is 5.76. The van der Waals surface area contributed by atoms with Crippen LogP contribution in [0.25, 0.3) is 17.2 Å². The third kappa shape index (κ3) is 5.31. The molecule has 3 aromatic carbocycles. The predicted molar refractivity (Wildman–Crippen MR) is 98.4 cm³/mol. The normalized spacial score (nSPS) is 11.5. The van der Waals surface area contributed by atoms with Crippen LogP contribution < -0.4 is 4.74 Å². The van der Waals surface area contributed by atoms with E-state index in [1.807, 2.05) is 42.5 Å². The molecule has 27 heavy (non-hydrogen) atoms. The molecule has 136 valence electrons. The monoisotopic (exact) mass is 368 g/mol. The molecule has 0 atom stereocenters. The summed E-state index contributed by atoms with van der Waals surface area (Å²) in [7, 11) is 0. The van der Waals surface area contributed by atoms with Gasteiger partial charge in [0.2, 0.25) is 0 Å². The Morgan fingerprint density at radius 2 is 1.37 bits per heavy atom. The molecule has 0 heterocycles. The second kappa shape index (κ2) is 7.91. The third-order valence-electron chi connectivity index (χ3n) is 3.82. The Kier molecular flexibility index (Phi) is 5.41. The zero-order valence-electron chi connectivity index (χ0n) is 14.1. The van der Waals surface area contributed by atoms with Crippen LogP contribution in [0.1, 0.15) is 15.9 Å². The molecule has 0 aromatic heterocycles. The molecule has 0 saturated heterocycles.